The van der Waals surface area contributed by atoms with Crippen molar-refractivity contribution >= 4 is 5.97 Å². The van der Waals surface area contributed by atoms with Gasteiger partial charge in [-0.1, -0.05) is 6.92 Å². The number of carbonyl (C=O) groups excluding carboxylic acids is 1. The van der Waals surface area contributed by atoms with Crippen LogP contribution in [0.4, 0.5) is 0 Å². The predicted octanol–water partition coefficient (Wildman–Crippen LogP) is -1.42. The Morgan fingerprint density at radius 3 is 2.33 bits per heavy atom. The Bertz CT molecular complexity index is 156. The highest BCUT2D eigenvalue weighted by atomic mass is 16.4. The fraction of sp³-hybridized carbons (Fsp3) is 0.875. The predicted molar refractivity (Wildman–Crippen MR) is 43.1 cm³/mol. The van der Waals surface area contributed by atoms with E-state index >= 15 is 0 Å². The number of likely N-dealkylation sites (N-methyl/N-ethyl adjacent to an activating group) is 1. The van der Waals surface area contributed by atoms with E-state index in [4.69, 9.17) is 5.11 Å². The van der Waals surface area contributed by atoms with Gasteiger partial charge in [-0.2, -0.15) is 0 Å². The van der Waals surface area contributed by atoms with Gasteiger partial charge in [0.05, 0.1) is 26.7 Å². The fourth-order valence-corrected chi connectivity index (χ4v) is 1.36. The number of carboxylic acids is 1. The molecule has 0 spiro atoms. The summed E-state index contributed by atoms with van der Waals surface area (Å²) in [6, 6.07) is -0.530. The smallest absolute Gasteiger partial charge is 0.129 e. The number of hydrogen-bond acceptors (Lipinski definition) is 3. The van der Waals surface area contributed by atoms with Crippen LogP contribution in [-0.4, -0.2) is 48.8 Å². The molecule has 0 aromatic heterocycles. The summed E-state index contributed by atoms with van der Waals surface area (Å²) in [5.41, 5.74) is 0. The van der Waals surface area contributed by atoms with Crippen LogP contribution < -0.4 is 5.11 Å². The molecule has 0 aromatic carbocycles. The second-order valence-corrected chi connectivity index (χ2v) is 3.47. The second kappa shape index (κ2) is 4.42. The van der Waals surface area contributed by atoms with Crippen LogP contribution in [-0.2, 0) is 4.79 Å². The van der Waals surface area contributed by atoms with Crippen LogP contribution in [0.2, 0.25) is 0 Å². The number of rotatable bonds is 5. The first-order chi connectivity index (χ1) is 5.45. The highest BCUT2D eigenvalue weighted by Crippen LogP contribution is 2.08. The standard InChI is InChI=1S/C8H17NO3/c1-4-7(8(11)12)9(2,3)5-6-10/h7,10H,4-6H2,1-3H3. The van der Waals surface area contributed by atoms with Crippen molar-refractivity contribution in [1.82, 2.24) is 0 Å². The summed E-state index contributed by atoms with van der Waals surface area (Å²) in [4.78, 5) is 10.6. The lowest BCUT2D eigenvalue weighted by atomic mass is 10.1. The molecule has 0 aliphatic rings. The monoisotopic (exact) mass is 175 g/mol. The third-order valence-corrected chi connectivity index (χ3v) is 2.18. The van der Waals surface area contributed by atoms with E-state index in [1.165, 1.54) is 0 Å². The lowest BCUT2D eigenvalue weighted by Crippen LogP contribution is -2.57. The van der Waals surface area contributed by atoms with Gasteiger partial charge in [0.2, 0.25) is 0 Å². The van der Waals surface area contributed by atoms with Crippen LogP contribution in [0.5, 0.6) is 0 Å². The van der Waals surface area contributed by atoms with Crippen molar-refractivity contribution in [3.63, 3.8) is 0 Å². The van der Waals surface area contributed by atoms with Crippen LogP contribution >= 0.6 is 0 Å². The van der Waals surface area contributed by atoms with Gasteiger partial charge in [0.25, 0.3) is 0 Å². The minimum atomic E-state index is -1.05. The Labute approximate surface area is 73.0 Å². The molecule has 4 heteroatoms. The molecular weight excluding hydrogens is 158 g/mol. The van der Waals surface area contributed by atoms with Gasteiger partial charge >= 0.3 is 0 Å². The SMILES string of the molecule is CCC(C(=O)[O-])[N+](C)(C)CCO. The van der Waals surface area contributed by atoms with Crippen LogP contribution in [0.25, 0.3) is 0 Å². The molecule has 0 aliphatic heterocycles. The maximum Gasteiger partial charge on any atom is 0.129 e. The molecule has 0 bridgehead atoms. The zero-order valence-electron chi connectivity index (χ0n) is 7.91. The van der Waals surface area contributed by atoms with Gasteiger partial charge in [-0.3, -0.25) is 0 Å². The number of hydrogen-bond donors (Lipinski definition) is 1. The summed E-state index contributed by atoms with van der Waals surface area (Å²) in [5, 5.41) is 19.3. The lowest BCUT2D eigenvalue weighted by molar-refractivity contribution is -0.909. The van der Waals surface area contributed by atoms with Crippen molar-refractivity contribution in [1.29, 1.82) is 0 Å². The Morgan fingerprint density at radius 1 is 1.58 bits per heavy atom. The van der Waals surface area contributed by atoms with Gasteiger partial charge < -0.3 is 19.5 Å². The highest BCUT2D eigenvalue weighted by molar-refractivity contribution is 5.69. The van der Waals surface area contributed by atoms with Crippen molar-refractivity contribution < 1.29 is 19.5 Å². The average molecular weight is 175 g/mol. The first kappa shape index (κ1) is 11.4. The third-order valence-electron chi connectivity index (χ3n) is 2.18. The lowest BCUT2D eigenvalue weighted by Gasteiger charge is -2.37. The van der Waals surface area contributed by atoms with E-state index in [1.807, 2.05) is 0 Å². The second-order valence-electron chi connectivity index (χ2n) is 3.47. The normalized spacial score (nSPS) is 14.3. The number of quaternary nitrogens is 1. The summed E-state index contributed by atoms with van der Waals surface area (Å²) in [7, 11) is 3.56. The molecule has 0 aliphatic carbocycles. The first-order valence-corrected chi connectivity index (χ1v) is 4.10. The number of nitrogens with zero attached hydrogens (tertiary/aromatic N) is 1. The molecule has 72 valence electrons. The van der Waals surface area contributed by atoms with Crippen molar-refractivity contribution in [2.75, 3.05) is 27.2 Å². The van der Waals surface area contributed by atoms with Crippen molar-refractivity contribution in [2.45, 2.75) is 19.4 Å². The van der Waals surface area contributed by atoms with E-state index < -0.39 is 12.0 Å². The molecule has 12 heavy (non-hydrogen) atoms. The van der Waals surface area contributed by atoms with Crippen molar-refractivity contribution in [2.24, 2.45) is 0 Å². The summed E-state index contributed by atoms with van der Waals surface area (Å²) >= 11 is 0. The van der Waals surface area contributed by atoms with E-state index in [0.29, 0.717) is 13.0 Å². The zero-order chi connectivity index (χ0) is 9.78. The molecule has 0 aromatic rings. The minimum absolute atomic E-state index is 0.00319. The van der Waals surface area contributed by atoms with E-state index in [0.717, 1.165) is 0 Å². The number of aliphatic carboxylic acids is 1. The summed E-state index contributed by atoms with van der Waals surface area (Å²) < 4.78 is 0.273. The molecule has 0 heterocycles. The fourth-order valence-electron chi connectivity index (χ4n) is 1.36. The third kappa shape index (κ3) is 2.79. The molecule has 0 saturated carbocycles. The summed E-state index contributed by atoms with van der Waals surface area (Å²) in [6.07, 6.45) is 0.523. The molecule has 1 atom stereocenters. The Hall–Kier alpha value is -0.610. The molecule has 4 nitrogen and oxygen atoms in total. The van der Waals surface area contributed by atoms with Gasteiger partial charge in [-0.25, -0.2) is 0 Å². The van der Waals surface area contributed by atoms with E-state index in [2.05, 4.69) is 0 Å². The number of aliphatic hydroxyl groups excluding tert-OH is 1. The minimum Gasteiger partial charge on any atom is -0.544 e. The van der Waals surface area contributed by atoms with Crippen LogP contribution in [0.1, 0.15) is 13.3 Å². The van der Waals surface area contributed by atoms with E-state index in [-0.39, 0.29) is 11.1 Å². The van der Waals surface area contributed by atoms with Crippen LogP contribution in [0.3, 0.4) is 0 Å². The molecule has 0 amide bonds. The maximum absolute atomic E-state index is 10.6. The molecule has 0 fully saturated rings. The molecule has 0 rings (SSSR count). The number of carbonyl (C=O) groups is 1. The quantitative estimate of drug-likeness (QED) is 0.522. The molecular formula is C8H17NO3. The van der Waals surface area contributed by atoms with Crippen LogP contribution in [0, 0.1) is 0 Å². The Balaban J connectivity index is 4.36. The first-order valence-electron chi connectivity index (χ1n) is 4.10. The Morgan fingerprint density at radius 2 is 2.08 bits per heavy atom. The highest BCUT2D eigenvalue weighted by Gasteiger charge is 2.26. The van der Waals surface area contributed by atoms with Gasteiger partial charge in [-0.15, -0.1) is 0 Å². The number of aliphatic hydroxyl groups is 1. The van der Waals surface area contributed by atoms with Crippen LogP contribution in [0.15, 0.2) is 0 Å². The molecule has 1 unspecified atom stereocenters. The maximum atomic E-state index is 10.6. The van der Waals surface area contributed by atoms with Gasteiger partial charge in [0.1, 0.15) is 12.6 Å². The van der Waals surface area contributed by atoms with Crippen molar-refractivity contribution in [3.8, 4) is 0 Å². The van der Waals surface area contributed by atoms with Gasteiger partial charge in [0, 0.05) is 6.42 Å². The van der Waals surface area contributed by atoms with E-state index in [9.17, 15) is 9.90 Å². The van der Waals surface area contributed by atoms with Gasteiger partial charge in [-0.05, 0) is 0 Å². The summed E-state index contributed by atoms with van der Waals surface area (Å²) in [5.74, 6) is -1.05. The zero-order valence-corrected chi connectivity index (χ0v) is 7.91. The average Bonchev–Trinajstić information content (AvgIpc) is 1.86. The van der Waals surface area contributed by atoms with E-state index in [1.54, 1.807) is 21.0 Å². The van der Waals surface area contributed by atoms with Gasteiger partial charge in [0.15, 0.2) is 0 Å². The Kier molecular flexibility index (Phi) is 4.20. The van der Waals surface area contributed by atoms with Crippen molar-refractivity contribution in [3.05, 3.63) is 0 Å². The molecule has 0 saturated heterocycles. The number of carboxylic acid groups (broad SMARTS) is 1. The summed E-state index contributed by atoms with van der Waals surface area (Å²) in [6.45, 7) is 2.24. The topological polar surface area (TPSA) is 60.4 Å². The molecule has 1 N–H and O–H groups in total. The molecule has 0 radical (unpaired) electrons. The largest absolute Gasteiger partial charge is 0.544 e.